The molecule has 2 heterocycles. The van der Waals surface area contributed by atoms with E-state index >= 15 is 0 Å². The topological polar surface area (TPSA) is 70.2 Å². The summed E-state index contributed by atoms with van der Waals surface area (Å²) in [5, 5.41) is 11.1. The molecule has 1 aromatic heterocycles. The average molecular weight is 378 g/mol. The van der Waals surface area contributed by atoms with E-state index in [9.17, 15) is 4.79 Å². The minimum Gasteiger partial charge on any atom is -0.497 e. The van der Waals surface area contributed by atoms with Crippen LogP contribution in [-0.2, 0) is 0 Å². The number of likely N-dealkylation sites (tertiary alicyclic amines) is 1. The van der Waals surface area contributed by atoms with Gasteiger partial charge in [-0.3, -0.25) is 14.8 Å². The number of carbonyl (C=O) groups is 1. The van der Waals surface area contributed by atoms with Gasteiger partial charge in [0, 0.05) is 18.0 Å². The summed E-state index contributed by atoms with van der Waals surface area (Å²) >= 11 is 0. The van der Waals surface area contributed by atoms with Gasteiger partial charge in [0.1, 0.15) is 5.75 Å². The molecule has 6 heteroatoms. The Balaban J connectivity index is 1.49. The fourth-order valence-corrected chi connectivity index (χ4v) is 4.25. The maximum atomic E-state index is 12.7. The Labute approximate surface area is 164 Å². The molecule has 0 saturated carbocycles. The van der Waals surface area contributed by atoms with Crippen molar-refractivity contribution in [2.75, 3.05) is 27.2 Å². The second kappa shape index (κ2) is 8.02. The molecule has 2 unspecified atom stereocenters. The van der Waals surface area contributed by atoms with Gasteiger partial charge in [0.05, 0.1) is 12.6 Å². The Bertz CT molecular complexity index is 951. The molecule has 1 aliphatic heterocycles. The van der Waals surface area contributed by atoms with Gasteiger partial charge in [-0.2, -0.15) is 5.10 Å². The predicted octanol–water partition coefficient (Wildman–Crippen LogP) is 3.38. The molecule has 1 aliphatic rings. The van der Waals surface area contributed by atoms with Crippen LogP contribution in [0.5, 0.6) is 5.75 Å². The number of methoxy groups -OCH3 is 1. The SMILES string of the molecule is COc1ccc(C2C(CNC(=O)c3n[nH]c4ccccc34)CCCN2C)cc1. The van der Waals surface area contributed by atoms with Crippen molar-refractivity contribution in [3.8, 4) is 5.75 Å². The van der Waals surface area contributed by atoms with Crippen LogP contribution in [0.2, 0.25) is 0 Å². The monoisotopic (exact) mass is 378 g/mol. The minimum atomic E-state index is -0.126. The molecule has 28 heavy (non-hydrogen) atoms. The summed E-state index contributed by atoms with van der Waals surface area (Å²) in [7, 11) is 3.84. The third kappa shape index (κ3) is 3.60. The molecular formula is C22H26N4O2. The van der Waals surface area contributed by atoms with Crippen LogP contribution in [0.1, 0.15) is 34.9 Å². The third-order valence-corrected chi connectivity index (χ3v) is 5.67. The smallest absolute Gasteiger partial charge is 0.272 e. The molecule has 0 radical (unpaired) electrons. The minimum absolute atomic E-state index is 0.126. The van der Waals surface area contributed by atoms with Gasteiger partial charge in [0.2, 0.25) is 0 Å². The van der Waals surface area contributed by atoms with E-state index in [-0.39, 0.29) is 11.9 Å². The highest BCUT2D eigenvalue weighted by atomic mass is 16.5. The van der Waals surface area contributed by atoms with Gasteiger partial charge in [0.15, 0.2) is 5.69 Å². The number of amides is 1. The number of H-pyrrole nitrogens is 1. The number of nitrogens with one attached hydrogen (secondary N) is 2. The number of carbonyl (C=O) groups excluding carboxylic acids is 1. The fraction of sp³-hybridized carbons (Fsp3) is 0.364. The lowest BCUT2D eigenvalue weighted by molar-refractivity contribution is 0.0888. The van der Waals surface area contributed by atoms with Crippen molar-refractivity contribution in [3.05, 3.63) is 59.8 Å². The molecule has 0 spiro atoms. The van der Waals surface area contributed by atoms with E-state index in [1.54, 1.807) is 7.11 Å². The Morgan fingerprint density at radius 1 is 1.25 bits per heavy atom. The quantitative estimate of drug-likeness (QED) is 0.714. The van der Waals surface area contributed by atoms with Gasteiger partial charge in [0.25, 0.3) is 5.91 Å². The zero-order chi connectivity index (χ0) is 19.5. The van der Waals surface area contributed by atoms with Crippen LogP contribution in [0.4, 0.5) is 0 Å². The Hall–Kier alpha value is -2.86. The Kier molecular flexibility index (Phi) is 5.30. The molecule has 146 valence electrons. The molecule has 3 aromatic rings. The predicted molar refractivity (Wildman–Crippen MR) is 110 cm³/mol. The zero-order valence-electron chi connectivity index (χ0n) is 16.3. The standard InChI is InChI=1S/C22H26N4O2/c1-26-13-5-6-16(21(26)15-9-11-17(28-2)12-10-15)14-23-22(27)20-18-7-3-4-8-19(18)24-25-20/h3-4,7-12,16,21H,5-6,13-14H2,1-2H3,(H,23,27)(H,24,25). The van der Waals surface area contributed by atoms with E-state index in [2.05, 4.69) is 39.6 Å². The van der Waals surface area contributed by atoms with Gasteiger partial charge in [-0.15, -0.1) is 0 Å². The average Bonchev–Trinajstić information content (AvgIpc) is 3.16. The summed E-state index contributed by atoms with van der Waals surface area (Å²) in [4.78, 5) is 15.1. The van der Waals surface area contributed by atoms with Gasteiger partial charge >= 0.3 is 0 Å². The first-order valence-electron chi connectivity index (χ1n) is 9.73. The molecule has 1 saturated heterocycles. The van der Waals surface area contributed by atoms with Gasteiger partial charge in [-0.05, 0) is 56.1 Å². The summed E-state index contributed by atoms with van der Waals surface area (Å²) in [6, 6.07) is 16.2. The molecule has 2 aromatic carbocycles. The first kappa shape index (κ1) is 18.5. The molecule has 0 bridgehead atoms. The maximum Gasteiger partial charge on any atom is 0.272 e. The zero-order valence-corrected chi connectivity index (χ0v) is 16.3. The number of ether oxygens (including phenoxy) is 1. The summed E-state index contributed by atoms with van der Waals surface area (Å²) in [6.45, 7) is 1.69. The number of aromatic nitrogens is 2. The maximum absolute atomic E-state index is 12.7. The second-order valence-corrected chi connectivity index (χ2v) is 7.43. The highest BCUT2D eigenvalue weighted by Crippen LogP contribution is 2.35. The van der Waals surface area contributed by atoms with E-state index in [1.807, 2.05) is 36.4 Å². The number of hydrogen-bond donors (Lipinski definition) is 2. The largest absolute Gasteiger partial charge is 0.497 e. The number of piperidine rings is 1. The number of hydrogen-bond acceptors (Lipinski definition) is 4. The number of aromatic amines is 1. The molecular weight excluding hydrogens is 352 g/mol. The van der Waals surface area contributed by atoms with Crippen LogP contribution < -0.4 is 10.1 Å². The number of para-hydroxylation sites is 1. The fourth-order valence-electron chi connectivity index (χ4n) is 4.25. The molecule has 2 atom stereocenters. The molecule has 1 fully saturated rings. The lowest BCUT2D eigenvalue weighted by Crippen LogP contribution is -2.41. The summed E-state index contributed by atoms with van der Waals surface area (Å²) in [5.74, 6) is 1.08. The summed E-state index contributed by atoms with van der Waals surface area (Å²) in [5.41, 5.74) is 2.59. The van der Waals surface area contributed by atoms with Gasteiger partial charge in [-0.1, -0.05) is 30.3 Å². The van der Waals surface area contributed by atoms with Gasteiger partial charge < -0.3 is 10.1 Å². The van der Waals surface area contributed by atoms with Crippen molar-refractivity contribution < 1.29 is 9.53 Å². The summed E-state index contributed by atoms with van der Waals surface area (Å²) in [6.07, 6.45) is 2.22. The van der Waals surface area contributed by atoms with E-state index in [1.165, 1.54) is 5.56 Å². The van der Waals surface area contributed by atoms with E-state index in [4.69, 9.17) is 4.74 Å². The summed E-state index contributed by atoms with van der Waals surface area (Å²) < 4.78 is 5.29. The first-order chi connectivity index (χ1) is 13.7. The van der Waals surface area contributed by atoms with Crippen molar-refractivity contribution in [1.82, 2.24) is 20.4 Å². The Morgan fingerprint density at radius 2 is 2.04 bits per heavy atom. The van der Waals surface area contributed by atoms with Crippen LogP contribution in [-0.4, -0.2) is 48.3 Å². The van der Waals surface area contributed by atoms with Crippen molar-refractivity contribution in [1.29, 1.82) is 0 Å². The number of rotatable bonds is 5. The van der Waals surface area contributed by atoms with Crippen LogP contribution in [0.25, 0.3) is 10.9 Å². The normalized spacial score (nSPS) is 20.2. The molecule has 6 nitrogen and oxygen atoms in total. The van der Waals surface area contributed by atoms with Gasteiger partial charge in [-0.25, -0.2) is 0 Å². The van der Waals surface area contributed by atoms with Crippen molar-refractivity contribution in [2.24, 2.45) is 5.92 Å². The van der Waals surface area contributed by atoms with Crippen LogP contribution in [0.15, 0.2) is 48.5 Å². The van der Waals surface area contributed by atoms with E-state index in [0.717, 1.165) is 36.0 Å². The number of benzene rings is 2. The molecule has 0 aliphatic carbocycles. The Morgan fingerprint density at radius 3 is 2.82 bits per heavy atom. The van der Waals surface area contributed by atoms with E-state index in [0.29, 0.717) is 18.2 Å². The second-order valence-electron chi connectivity index (χ2n) is 7.43. The van der Waals surface area contributed by atoms with Crippen LogP contribution in [0.3, 0.4) is 0 Å². The van der Waals surface area contributed by atoms with Crippen molar-refractivity contribution in [3.63, 3.8) is 0 Å². The van der Waals surface area contributed by atoms with Crippen LogP contribution in [0, 0.1) is 5.92 Å². The van der Waals surface area contributed by atoms with Crippen molar-refractivity contribution >= 4 is 16.8 Å². The van der Waals surface area contributed by atoms with E-state index < -0.39 is 0 Å². The number of fused-ring (bicyclic) bond motifs is 1. The highest BCUT2D eigenvalue weighted by Gasteiger charge is 2.31. The molecule has 1 amide bonds. The van der Waals surface area contributed by atoms with Crippen LogP contribution >= 0.6 is 0 Å². The highest BCUT2D eigenvalue weighted by molar-refractivity contribution is 6.04. The molecule has 2 N–H and O–H groups in total. The third-order valence-electron chi connectivity index (χ3n) is 5.67. The molecule has 4 rings (SSSR count). The lowest BCUT2D eigenvalue weighted by Gasteiger charge is -2.39. The van der Waals surface area contributed by atoms with Crippen molar-refractivity contribution in [2.45, 2.75) is 18.9 Å². The number of nitrogens with zero attached hydrogens (tertiary/aromatic N) is 2. The lowest BCUT2D eigenvalue weighted by atomic mass is 9.85. The first-order valence-corrected chi connectivity index (χ1v) is 9.73.